The summed E-state index contributed by atoms with van der Waals surface area (Å²) in [5, 5.41) is 4.60. The van der Waals surface area contributed by atoms with Gasteiger partial charge in [-0.1, -0.05) is 0 Å². The van der Waals surface area contributed by atoms with Crippen molar-refractivity contribution < 1.29 is 0 Å². The van der Waals surface area contributed by atoms with E-state index in [0.717, 1.165) is 64.1 Å². The van der Waals surface area contributed by atoms with Gasteiger partial charge in [-0.2, -0.15) is 5.10 Å². The number of fused-ring (bicyclic) bond motifs is 2. The van der Waals surface area contributed by atoms with Crippen LogP contribution in [0.15, 0.2) is 17.1 Å². The van der Waals surface area contributed by atoms with Gasteiger partial charge in [0.1, 0.15) is 5.82 Å². The Bertz CT molecular complexity index is 846. The molecule has 2 aromatic heterocycles. The molecule has 0 bridgehead atoms. The molecule has 1 aliphatic carbocycles. The summed E-state index contributed by atoms with van der Waals surface area (Å²) in [7, 11) is 0. The van der Waals surface area contributed by atoms with E-state index in [1.807, 2.05) is 6.07 Å². The topological polar surface area (TPSA) is 56.0 Å². The van der Waals surface area contributed by atoms with Crippen LogP contribution in [-0.4, -0.2) is 37.3 Å². The largest absolute Gasteiger partial charge is 0.331 e. The molecule has 4 heterocycles. The van der Waals surface area contributed by atoms with E-state index in [2.05, 4.69) is 25.7 Å². The number of likely N-dealkylation sites (tertiary alicyclic amines) is 1. The first-order valence-corrected chi connectivity index (χ1v) is 9.62. The predicted molar refractivity (Wildman–Crippen MR) is 94.5 cm³/mol. The summed E-state index contributed by atoms with van der Waals surface area (Å²) in [4.78, 5) is 19.3. The Morgan fingerprint density at radius 3 is 2.96 bits per heavy atom. The monoisotopic (exact) mass is 339 g/mol. The first kappa shape index (κ1) is 15.3. The molecule has 0 N–H and O–H groups in total. The van der Waals surface area contributed by atoms with Crippen molar-refractivity contribution >= 4 is 0 Å². The standard InChI is InChI=1S/C19H25N5O/c25-19-8-15-4-3-5-17(15)21-24(19)12-14-10-22(11-14)13-16-9-20-18-6-1-2-7-23(16)18/h8-9,14H,1-7,10-13H2. The highest BCUT2D eigenvalue weighted by molar-refractivity contribution is 5.22. The second kappa shape index (κ2) is 6.09. The van der Waals surface area contributed by atoms with Crippen LogP contribution in [0, 0.1) is 5.92 Å². The SMILES string of the molecule is O=c1cc2c(nn1CC1CN(Cc3cnc4n3CCCC4)C1)CCC2. The van der Waals surface area contributed by atoms with Gasteiger partial charge in [-0.25, -0.2) is 9.67 Å². The van der Waals surface area contributed by atoms with Crippen molar-refractivity contribution in [1.82, 2.24) is 24.2 Å². The molecule has 1 saturated heterocycles. The third-order valence-electron chi connectivity index (χ3n) is 5.93. The molecule has 0 unspecified atom stereocenters. The molecule has 0 atom stereocenters. The molecule has 132 valence electrons. The summed E-state index contributed by atoms with van der Waals surface area (Å²) in [5.41, 5.74) is 3.73. The Labute approximate surface area is 147 Å². The summed E-state index contributed by atoms with van der Waals surface area (Å²) in [6, 6.07) is 1.81. The van der Waals surface area contributed by atoms with E-state index in [4.69, 9.17) is 0 Å². The Kier molecular flexibility index (Phi) is 3.73. The zero-order chi connectivity index (χ0) is 16.8. The smallest absolute Gasteiger partial charge is 0.267 e. The van der Waals surface area contributed by atoms with Gasteiger partial charge in [0.25, 0.3) is 5.56 Å². The van der Waals surface area contributed by atoms with Crippen LogP contribution in [0.4, 0.5) is 0 Å². The highest BCUT2D eigenvalue weighted by Crippen LogP contribution is 2.23. The zero-order valence-electron chi connectivity index (χ0n) is 14.7. The normalized spacial score (nSPS) is 20.3. The molecule has 3 aliphatic rings. The number of rotatable bonds is 4. The lowest BCUT2D eigenvalue weighted by Gasteiger charge is -2.39. The molecule has 1 fully saturated rings. The highest BCUT2D eigenvalue weighted by atomic mass is 16.1. The summed E-state index contributed by atoms with van der Waals surface area (Å²) in [6.07, 6.45) is 8.90. The van der Waals surface area contributed by atoms with E-state index < -0.39 is 0 Å². The number of aromatic nitrogens is 4. The molecule has 0 amide bonds. The van der Waals surface area contributed by atoms with Crippen LogP contribution in [-0.2, 0) is 38.9 Å². The molecular formula is C19H25N5O. The number of nitrogens with zero attached hydrogens (tertiary/aromatic N) is 5. The minimum absolute atomic E-state index is 0.0731. The van der Waals surface area contributed by atoms with Crippen LogP contribution < -0.4 is 5.56 Å². The second-order valence-electron chi connectivity index (χ2n) is 7.82. The third kappa shape index (κ3) is 2.82. The van der Waals surface area contributed by atoms with E-state index in [-0.39, 0.29) is 5.56 Å². The van der Waals surface area contributed by atoms with Crippen LogP contribution in [0.25, 0.3) is 0 Å². The molecule has 6 nitrogen and oxygen atoms in total. The first-order valence-electron chi connectivity index (χ1n) is 9.62. The molecule has 0 spiro atoms. The van der Waals surface area contributed by atoms with Gasteiger partial charge in [0.2, 0.25) is 0 Å². The Balaban J connectivity index is 1.20. The van der Waals surface area contributed by atoms with Gasteiger partial charge in [0.15, 0.2) is 0 Å². The molecule has 2 aromatic rings. The molecule has 25 heavy (non-hydrogen) atoms. The maximum Gasteiger partial charge on any atom is 0.267 e. The number of hydrogen-bond donors (Lipinski definition) is 0. The van der Waals surface area contributed by atoms with Crippen molar-refractivity contribution in [2.45, 2.75) is 58.2 Å². The van der Waals surface area contributed by atoms with Crippen molar-refractivity contribution in [2.75, 3.05) is 13.1 Å². The van der Waals surface area contributed by atoms with E-state index in [9.17, 15) is 4.79 Å². The second-order valence-corrected chi connectivity index (χ2v) is 7.82. The average molecular weight is 339 g/mol. The minimum Gasteiger partial charge on any atom is -0.331 e. The lowest BCUT2D eigenvalue weighted by Crippen LogP contribution is -2.49. The van der Waals surface area contributed by atoms with Gasteiger partial charge in [-0.05, 0) is 37.7 Å². The minimum atomic E-state index is 0.0731. The van der Waals surface area contributed by atoms with Gasteiger partial charge in [-0.3, -0.25) is 9.69 Å². The van der Waals surface area contributed by atoms with Crippen molar-refractivity contribution in [1.29, 1.82) is 0 Å². The van der Waals surface area contributed by atoms with Crippen molar-refractivity contribution in [3.8, 4) is 0 Å². The van der Waals surface area contributed by atoms with Crippen LogP contribution in [0.1, 0.15) is 42.0 Å². The fourth-order valence-corrected chi connectivity index (χ4v) is 4.57. The number of aryl methyl sites for hydroxylation is 3. The van der Waals surface area contributed by atoms with E-state index in [1.165, 1.54) is 29.9 Å². The van der Waals surface area contributed by atoms with Crippen LogP contribution in [0.3, 0.4) is 0 Å². The van der Waals surface area contributed by atoms with Crippen LogP contribution in [0.2, 0.25) is 0 Å². The molecular weight excluding hydrogens is 314 g/mol. The van der Waals surface area contributed by atoms with Gasteiger partial charge < -0.3 is 4.57 Å². The summed E-state index contributed by atoms with van der Waals surface area (Å²) in [6.45, 7) is 4.96. The van der Waals surface area contributed by atoms with Gasteiger partial charge in [-0.15, -0.1) is 0 Å². The Hall–Kier alpha value is -1.95. The Morgan fingerprint density at radius 1 is 1.12 bits per heavy atom. The quantitative estimate of drug-likeness (QED) is 0.845. The van der Waals surface area contributed by atoms with Crippen molar-refractivity contribution in [3.05, 3.63) is 45.4 Å². The molecule has 0 radical (unpaired) electrons. The van der Waals surface area contributed by atoms with Crippen LogP contribution in [0.5, 0.6) is 0 Å². The lowest BCUT2D eigenvalue weighted by molar-refractivity contribution is 0.0739. The molecule has 2 aliphatic heterocycles. The van der Waals surface area contributed by atoms with Crippen molar-refractivity contribution in [3.63, 3.8) is 0 Å². The Morgan fingerprint density at radius 2 is 2.04 bits per heavy atom. The maximum absolute atomic E-state index is 12.2. The molecule has 0 saturated carbocycles. The lowest BCUT2D eigenvalue weighted by atomic mass is 10.00. The fraction of sp³-hybridized carbons (Fsp3) is 0.632. The first-order chi connectivity index (χ1) is 12.3. The van der Waals surface area contributed by atoms with E-state index in [1.54, 1.807) is 4.68 Å². The third-order valence-corrected chi connectivity index (χ3v) is 5.93. The summed E-state index contributed by atoms with van der Waals surface area (Å²) in [5.74, 6) is 1.79. The maximum atomic E-state index is 12.2. The fourth-order valence-electron chi connectivity index (χ4n) is 4.57. The predicted octanol–water partition coefficient (Wildman–Crippen LogP) is 1.40. The zero-order valence-corrected chi connectivity index (χ0v) is 14.7. The molecule has 5 rings (SSSR count). The van der Waals surface area contributed by atoms with Gasteiger partial charge in [0, 0.05) is 50.8 Å². The summed E-state index contributed by atoms with van der Waals surface area (Å²) >= 11 is 0. The van der Waals surface area contributed by atoms with Gasteiger partial charge in [0.05, 0.1) is 17.9 Å². The average Bonchev–Trinajstić information content (AvgIpc) is 3.19. The van der Waals surface area contributed by atoms with Crippen LogP contribution >= 0.6 is 0 Å². The van der Waals surface area contributed by atoms with Crippen molar-refractivity contribution in [2.24, 2.45) is 5.92 Å². The number of imidazole rings is 1. The van der Waals surface area contributed by atoms with Gasteiger partial charge >= 0.3 is 0 Å². The number of hydrogen-bond acceptors (Lipinski definition) is 4. The summed E-state index contributed by atoms with van der Waals surface area (Å²) < 4.78 is 4.11. The highest BCUT2D eigenvalue weighted by Gasteiger charge is 2.29. The van der Waals surface area contributed by atoms with E-state index in [0.29, 0.717) is 5.92 Å². The molecule has 6 heteroatoms. The molecule has 0 aromatic carbocycles. The van der Waals surface area contributed by atoms with E-state index >= 15 is 0 Å².